The van der Waals surface area contributed by atoms with Gasteiger partial charge in [-0.05, 0) is 61.6 Å². The van der Waals surface area contributed by atoms with E-state index in [0.717, 1.165) is 59.1 Å². The number of hydrogen-bond donors (Lipinski definition) is 3. The molecular formula is C25H27N7O2. The highest BCUT2D eigenvalue weighted by Gasteiger charge is 2.38. The number of nitrogens with zero attached hydrogens (tertiary/aromatic N) is 5. The number of hydrogen-bond acceptors (Lipinski definition) is 6. The van der Waals surface area contributed by atoms with Crippen molar-refractivity contribution in [3.05, 3.63) is 61.2 Å². The maximum Gasteiger partial charge on any atom is 0.237 e. The maximum atomic E-state index is 12.8. The quantitative estimate of drug-likeness (QED) is 0.384. The lowest BCUT2D eigenvalue weighted by molar-refractivity contribution is -0.129. The van der Waals surface area contributed by atoms with Gasteiger partial charge in [0.05, 0.1) is 17.8 Å². The second kappa shape index (κ2) is 8.34. The van der Waals surface area contributed by atoms with Gasteiger partial charge < -0.3 is 15.4 Å². The van der Waals surface area contributed by atoms with Crippen molar-refractivity contribution in [1.82, 2.24) is 35.0 Å². The Hall–Kier alpha value is -3.56. The Morgan fingerprint density at radius 3 is 3.00 bits per heavy atom. The lowest BCUT2D eigenvalue weighted by atomic mass is 9.78. The number of rotatable bonds is 6. The van der Waals surface area contributed by atoms with Gasteiger partial charge in [0.1, 0.15) is 11.9 Å². The molecule has 4 aromatic rings. The van der Waals surface area contributed by atoms with Gasteiger partial charge in [-0.25, -0.2) is 4.98 Å². The average Bonchev–Trinajstić information content (AvgIpc) is 3.57. The van der Waals surface area contributed by atoms with Crippen LogP contribution in [0.15, 0.2) is 55.5 Å². The summed E-state index contributed by atoms with van der Waals surface area (Å²) in [5.41, 5.74) is 5.03. The minimum absolute atomic E-state index is 0.00384. The summed E-state index contributed by atoms with van der Waals surface area (Å²) < 4.78 is 1.63. The number of aromatic nitrogens is 5. The first kappa shape index (κ1) is 21.0. The lowest BCUT2D eigenvalue weighted by Crippen LogP contribution is -2.52. The van der Waals surface area contributed by atoms with Crippen LogP contribution >= 0.6 is 0 Å². The van der Waals surface area contributed by atoms with Crippen molar-refractivity contribution < 1.29 is 9.90 Å². The molecule has 0 spiro atoms. The van der Waals surface area contributed by atoms with Gasteiger partial charge in [0.25, 0.3) is 0 Å². The fourth-order valence-electron chi connectivity index (χ4n) is 5.35. The highest BCUT2D eigenvalue weighted by molar-refractivity contribution is 5.97. The topological polar surface area (TPSA) is 111 Å². The van der Waals surface area contributed by atoms with E-state index in [9.17, 15) is 9.90 Å². The second-order valence-electron chi connectivity index (χ2n) is 9.22. The van der Waals surface area contributed by atoms with Crippen molar-refractivity contribution in [2.75, 3.05) is 6.54 Å². The molecule has 1 saturated heterocycles. The number of H-pyrrole nitrogens is 1. The van der Waals surface area contributed by atoms with E-state index in [4.69, 9.17) is 0 Å². The number of likely N-dealkylation sites (tertiary alicyclic amines) is 1. The van der Waals surface area contributed by atoms with Gasteiger partial charge in [-0.1, -0.05) is 6.58 Å². The molecular weight excluding hydrogens is 430 g/mol. The van der Waals surface area contributed by atoms with E-state index in [1.54, 1.807) is 10.8 Å². The van der Waals surface area contributed by atoms with Crippen LogP contribution in [0.1, 0.15) is 37.3 Å². The molecule has 6 rings (SSSR count). The second-order valence-corrected chi connectivity index (χ2v) is 9.22. The maximum absolute atomic E-state index is 12.8. The van der Waals surface area contributed by atoms with Gasteiger partial charge in [0.15, 0.2) is 0 Å². The molecule has 174 valence electrons. The Labute approximate surface area is 196 Å². The van der Waals surface area contributed by atoms with E-state index in [0.29, 0.717) is 12.5 Å². The van der Waals surface area contributed by atoms with Gasteiger partial charge >= 0.3 is 0 Å². The van der Waals surface area contributed by atoms with Gasteiger partial charge in [0.2, 0.25) is 5.91 Å². The van der Waals surface area contributed by atoms with Crippen LogP contribution in [-0.2, 0) is 4.79 Å². The summed E-state index contributed by atoms with van der Waals surface area (Å²) in [6.45, 7) is 4.36. The molecule has 0 radical (unpaired) electrons. The zero-order valence-electron chi connectivity index (χ0n) is 18.8. The molecule has 0 aromatic carbocycles. The number of carbonyl (C=O) groups is 1. The Morgan fingerprint density at radius 2 is 2.15 bits per heavy atom. The van der Waals surface area contributed by atoms with Crippen molar-refractivity contribution in [1.29, 1.82) is 0 Å². The number of amides is 1. The minimum atomic E-state index is -0.774. The Bertz CT molecular complexity index is 1370. The molecule has 1 unspecified atom stereocenters. The first-order chi connectivity index (χ1) is 16.6. The van der Waals surface area contributed by atoms with Gasteiger partial charge in [0, 0.05) is 47.5 Å². The Morgan fingerprint density at radius 1 is 1.26 bits per heavy atom. The number of aromatic amines is 1. The van der Waals surface area contributed by atoms with Crippen LogP contribution in [0.4, 0.5) is 0 Å². The molecule has 0 bridgehead atoms. The summed E-state index contributed by atoms with van der Waals surface area (Å²) in [7, 11) is 0. The predicted octanol–water partition coefficient (Wildman–Crippen LogP) is 2.60. The third-order valence-corrected chi connectivity index (χ3v) is 7.22. The van der Waals surface area contributed by atoms with Crippen molar-refractivity contribution in [3.63, 3.8) is 0 Å². The van der Waals surface area contributed by atoms with Crippen LogP contribution in [0.25, 0.3) is 27.7 Å². The minimum Gasteiger partial charge on any atom is -0.375 e. The highest BCUT2D eigenvalue weighted by atomic mass is 16.3. The first-order valence-electron chi connectivity index (χ1n) is 11.8. The normalized spacial score (nSPS) is 23.7. The number of pyridine rings is 1. The van der Waals surface area contributed by atoms with E-state index < -0.39 is 6.23 Å². The van der Waals surface area contributed by atoms with Crippen LogP contribution in [0.2, 0.25) is 0 Å². The highest BCUT2D eigenvalue weighted by Crippen LogP contribution is 2.39. The molecule has 9 heteroatoms. The van der Waals surface area contributed by atoms with Gasteiger partial charge in [-0.15, -0.1) is 0 Å². The van der Waals surface area contributed by atoms with Crippen molar-refractivity contribution in [2.45, 2.75) is 49.9 Å². The van der Waals surface area contributed by atoms with Crippen LogP contribution in [-0.4, -0.2) is 65.6 Å². The SMILES string of the molecule is C=CC(O)N1CCC[C@H]1C(=O)NC1CC(c2cc3c(-c4cnn5ncccc45)ccnc3[nH]2)C1. The van der Waals surface area contributed by atoms with Crippen LogP contribution in [0, 0.1) is 0 Å². The summed E-state index contributed by atoms with van der Waals surface area (Å²) in [5.74, 6) is 0.348. The molecule has 1 aliphatic heterocycles. The van der Waals surface area contributed by atoms with Crippen LogP contribution in [0.3, 0.4) is 0 Å². The van der Waals surface area contributed by atoms with Crippen molar-refractivity contribution >= 4 is 22.5 Å². The van der Waals surface area contributed by atoms with E-state index in [1.807, 2.05) is 35.5 Å². The number of aliphatic hydroxyl groups excluding tert-OH is 1. The van der Waals surface area contributed by atoms with E-state index >= 15 is 0 Å². The Balaban J connectivity index is 1.17. The van der Waals surface area contributed by atoms with Crippen molar-refractivity contribution in [3.8, 4) is 11.1 Å². The standard InChI is InChI=1S/C25H27N7O2/c1-2-23(33)31-10-4-6-22(31)25(34)29-16-11-15(12-16)20-13-18-17(7-9-26-24(18)30-20)19-14-28-32-21(19)5-3-8-27-32/h2-3,5,7-9,13-16,22-23,33H,1,4,6,10-12H2,(H,26,30)(H,29,34)/t15?,16?,22-,23?/m0/s1. The predicted molar refractivity (Wildman–Crippen MR) is 128 cm³/mol. The fourth-order valence-corrected chi connectivity index (χ4v) is 5.35. The molecule has 2 aliphatic rings. The smallest absolute Gasteiger partial charge is 0.237 e. The molecule has 9 nitrogen and oxygen atoms in total. The summed E-state index contributed by atoms with van der Waals surface area (Å²) in [4.78, 5) is 22.7. The van der Waals surface area contributed by atoms with Crippen molar-refractivity contribution in [2.24, 2.45) is 0 Å². The largest absolute Gasteiger partial charge is 0.375 e. The molecule has 5 heterocycles. The number of aliphatic hydroxyl groups is 1. The fraction of sp³-hybridized carbons (Fsp3) is 0.360. The average molecular weight is 458 g/mol. The summed E-state index contributed by atoms with van der Waals surface area (Å²) in [5, 5.41) is 23.0. The first-order valence-corrected chi connectivity index (χ1v) is 11.8. The molecule has 4 aromatic heterocycles. The molecule has 34 heavy (non-hydrogen) atoms. The third kappa shape index (κ3) is 3.48. The number of fused-ring (bicyclic) bond motifs is 2. The third-order valence-electron chi connectivity index (χ3n) is 7.22. The number of nitrogens with one attached hydrogen (secondary N) is 2. The molecule has 2 atom stereocenters. The lowest BCUT2D eigenvalue weighted by Gasteiger charge is -2.37. The molecule has 1 saturated carbocycles. The molecule has 1 aliphatic carbocycles. The van der Waals surface area contributed by atoms with E-state index in [2.05, 4.69) is 38.1 Å². The van der Waals surface area contributed by atoms with Crippen LogP contribution < -0.4 is 5.32 Å². The monoisotopic (exact) mass is 457 g/mol. The van der Waals surface area contributed by atoms with Crippen LogP contribution in [0.5, 0.6) is 0 Å². The van der Waals surface area contributed by atoms with Gasteiger partial charge in [-0.3, -0.25) is 9.69 Å². The number of carbonyl (C=O) groups excluding carboxylic acids is 1. The zero-order chi connectivity index (χ0) is 23.2. The molecule has 3 N–H and O–H groups in total. The zero-order valence-corrected chi connectivity index (χ0v) is 18.8. The summed E-state index contributed by atoms with van der Waals surface area (Å²) in [6, 6.07) is 7.97. The summed E-state index contributed by atoms with van der Waals surface area (Å²) in [6.07, 6.45) is 9.51. The van der Waals surface area contributed by atoms with E-state index in [-0.39, 0.29) is 18.0 Å². The molecule has 2 fully saturated rings. The van der Waals surface area contributed by atoms with E-state index in [1.165, 1.54) is 6.08 Å². The molecule has 1 amide bonds. The summed E-state index contributed by atoms with van der Waals surface area (Å²) >= 11 is 0. The van der Waals surface area contributed by atoms with Gasteiger partial charge in [-0.2, -0.15) is 14.8 Å². The Kier molecular flexibility index (Phi) is 5.15.